The summed E-state index contributed by atoms with van der Waals surface area (Å²) in [5.41, 5.74) is 4.32. The van der Waals surface area contributed by atoms with Gasteiger partial charge in [0.1, 0.15) is 0 Å². The Kier molecular flexibility index (Phi) is 5.35. The molecule has 0 saturated carbocycles. The van der Waals surface area contributed by atoms with Crippen LogP contribution in [0.1, 0.15) is 36.9 Å². The number of ether oxygens (including phenoxy) is 3. The Balaban J connectivity index is 2.29. The number of carbonyl (C=O) groups excluding carboxylic acids is 1. The van der Waals surface area contributed by atoms with Gasteiger partial charge in [-0.3, -0.25) is 4.79 Å². The smallest absolute Gasteiger partial charge is 0.217 e. The van der Waals surface area contributed by atoms with E-state index in [1.54, 1.807) is 28.3 Å². The van der Waals surface area contributed by atoms with Gasteiger partial charge in [-0.2, -0.15) is 0 Å². The van der Waals surface area contributed by atoms with Crippen LogP contribution in [0.2, 0.25) is 0 Å². The predicted octanol–water partition coefficient (Wildman–Crippen LogP) is 3.89. The van der Waals surface area contributed by atoms with Gasteiger partial charge in [0.05, 0.1) is 27.4 Å². The van der Waals surface area contributed by atoms with Gasteiger partial charge in [0.25, 0.3) is 0 Å². The number of rotatable bonds is 4. The number of amides is 1. The molecule has 1 N–H and O–H groups in total. The molecule has 0 radical (unpaired) electrons. The van der Waals surface area contributed by atoms with Crippen molar-refractivity contribution < 1.29 is 19.0 Å². The van der Waals surface area contributed by atoms with Crippen molar-refractivity contribution in [2.75, 3.05) is 21.3 Å². The molecule has 3 rings (SSSR count). The highest BCUT2D eigenvalue weighted by Crippen LogP contribution is 2.49. The topological polar surface area (TPSA) is 56.8 Å². The molecule has 0 aliphatic heterocycles. The standard InChI is InChI=1S/C21H25NO4/c1-13(23)22-17-11-7-8-14-12-18(24-2)20(25-3)21(26-4)19(14)16-10-6-5-9-15(16)17/h5-6,9-10,12,17H,7-8,11H2,1-4H3,(H,22,23)/t17-/m1/s1. The molecule has 1 amide bonds. The first kappa shape index (κ1) is 18.1. The monoisotopic (exact) mass is 355 g/mol. The summed E-state index contributed by atoms with van der Waals surface area (Å²) < 4.78 is 16.9. The third-order valence-electron chi connectivity index (χ3n) is 4.83. The lowest BCUT2D eigenvalue weighted by Gasteiger charge is -2.27. The molecule has 1 atom stereocenters. The van der Waals surface area contributed by atoms with Crippen LogP contribution < -0.4 is 19.5 Å². The van der Waals surface area contributed by atoms with Crippen LogP contribution >= 0.6 is 0 Å². The quantitative estimate of drug-likeness (QED) is 0.904. The summed E-state index contributed by atoms with van der Waals surface area (Å²) in [6.07, 6.45) is 2.70. The van der Waals surface area contributed by atoms with Crippen LogP contribution in [0, 0.1) is 0 Å². The van der Waals surface area contributed by atoms with Crippen molar-refractivity contribution in [3.05, 3.63) is 41.5 Å². The molecule has 0 aromatic heterocycles. The van der Waals surface area contributed by atoms with Crippen LogP contribution in [0.3, 0.4) is 0 Å². The van der Waals surface area contributed by atoms with Gasteiger partial charge >= 0.3 is 0 Å². The molecular formula is C21H25NO4. The van der Waals surface area contributed by atoms with E-state index < -0.39 is 0 Å². The maximum absolute atomic E-state index is 11.7. The number of carbonyl (C=O) groups is 1. The van der Waals surface area contributed by atoms with Gasteiger partial charge < -0.3 is 19.5 Å². The normalized spacial score (nSPS) is 15.8. The summed E-state index contributed by atoms with van der Waals surface area (Å²) >= 11 is 0. The first-order chi connectivity index (χ1) is 12.6. The zero-order valence-corrected chi connectivity index (χ0v) is 15.7. The molecular weight excluding hydrogens is 330 g/mol. The zero-order valence-electron chi connectivity index (χ0n) is 15.7. The SMILES string of the molecule is COc1cc2c(c(OC)c1OC)-c1ccccc1[C@H](NC(C)=O)CCC2. The summed E-state index contributed by atoms with van der Waals surface area (Å²) in [7, 11) is 4.89. The second-order valence-electron chi connectivity index (χ2n) is 6.41. The number of methoxy groups -OCH3 is 3. The fourth-order valence-electron chi connectivity index (χ4n) is 3.78. The molecule has 0 spiro atoms. The lowest BCUT2D eigenvalue weighted by Crippen LogP contribution is -2.27. The van der Waals surface area contributed by atoms with Crippen LogP contribution in [-0.4, -0.2) is 27.2 Å². The lowest BCUT2D eigenvalue weighted by molar-refractivity contribution is -0.119. The number of fused-ring (bicyclic) bond motifs is 3. The van der Waals surface area contributed by atoms with Crippen molar-refractivity contribution in [1.82, 2.24) is 5.32 Å². The minimum Gasteiger partial charge on any atom is -0.493 e. The number of hydrogen-bond donors (Lipinski definition) is 1. The Bertz CT molecular complexity index is 816. The molecule has 0 heterocycles. The average Bonchev–Trinajstić information content (AvgIpc) is 2.64. The predicted molar refractivity (Wildman–Crippen MR) is 101 cm³/mol. The summed E-state index contributed by atoms with van der Waals surface area (Å²) in [6, 6.07) is 10.2. The molecule has 138 valence electrons. The summed E-state index contributed by atoms with van der Waals surface area (Å²) in [4.78, 5) is 11.7. The van der Waals surface area contributed by atoms with Gasteiger partial charge in [-0.25, -0.2) is 0 Å². The number of benzene rings is 2. The zero-order chi connectivity index (χ0) is 18.7. The van der Waals surface area contributed by atoms with Crippen molar-refractivity contribution in [2.45, 2.75) is 32.2 Å². The molecule has 1 aliphatic carbocycles. The van der Waals surface area contributed by atoms with E-state index in [4.69, 9.17) is 14.2 Å². The van der Waals surface area contributed by atoms with Gasteiger partial charge in [0.15, 0.2) is 11.5 Å². The minimum absolute atomic E-state index is 0.0188. The Morgan fingerprint density at radius 2 is 1.81 bits per heavy atom. The second-order valence-corrected chi connectivity index (χ2v) is 6.41. The van der Waals surface area contributed by atoms with Crippen LogP contribution in [0.15, 0.2) is 30.3 Å². The van der Waals surface area contributed by atoms with Crippen molar-refractivity contribution in [2.24, 2.45) is 0 Å². The molecule has 0 fully saturated rings. The van der Waals surface area contributed by atoms with Crippen molar-refractivity contribution in [1.29, 1.82) is 0 Å². The third-order valence-corrected chi connectivity index (χ3v) is 4.83. The maximum atomic E-state index is 11.7. The molecule has 5 heteroatoms. The van der Waals surface area contributed by atoms with E-state index in [0.717, 1.165) is 41.5 Å². The van der Waals surface area contributed by atoms with E-state index in [2.05, 4.69) is 17.4 Å². The van der Waals surface area contributed by atoms with E-state index in [1.807, 2.05) is 18.2 Å². The van der Waals surface area contributed by atoms with E-state index in [0.29, 0.717) is 17.2 Å². The third kappa shape index (κ3) is 3.21. The minimum atomic E-state index is -0.0233. The molecule has 26 heavy (non-hydrogen) atoms. The molecule has 0 saturated heterocycles. The molecule has 0 bridgehead atoms. The van der Waals surface area contributed by atoms with E-state index >= 15 is 0 Å². The van der Waals surface area contributed by atoms with Crippen LogP contribution in [0.4, 0.5) is 0 Å². The Hall–Kier alpha value is -2.69. The fourth-order valence-corrected chi connectivity index (χ4v) is 3.78. The van der Waals surface area contributed by atoms with Crippen LogP contribution in [0.25, 0.3) is 11.1 Å². The summed E-state index contributed by atoms with van der Waals surface area (Å²) in [6.45, 7) is 1.56. The van der Waals surface area contributed by atoms with Crippen LogP contribution in [-0.2, 0) is 11.2 Å². The van der Waals surface area contributed by atoms with Crippen molar-refractivity contribution in [3.8, 4) is 28.4 Å². The molecule has 0 unspecified atom stereocenters. The van der Waals surface area contributed by atoms with E-state index in [1.165, 1.54) is 0 Å². The highest BCUT2D eigenvalue weighted by molar-refractivity contribution is 5.83. The number of aryl methyl sites for hydroxylation is 1. The molecule has 5 nitrogen and oxygen atoms in total. The van der Waals surface area contributed by atoms with Gasteiger partial charge in [0.2, 0.25) is 11.7 Å². The fraction of sp³-hybridized carbons (Fsp3) is 0.381. The van der Waals surface area contributed by atoms with Crippen molar-refractivity contribution >= 4 is 5.91 Å². The van der Waals surface area contributed by atoms with Gasteiger partial charge in [-0.1, -0.05) is 24.3 Å². The largest absolute Gasteiger partial charge is 0.493 e. The van der Waals surface area contributed by atoms with E-state index in [9.17, 15) is 4.79 Å². The highest BCUT2D eigenvalue weighted by Gasteiger charge is 2.27. The maximum Gasteiger partial charge on any atom is 0.217 e. The number of hydrogen-bond acceptors (Lipinski definition) is 4. The summed E-state index contributed by atoms with van der Waals surface area (Å²) in [5, 5.41) is 3.09. The summed E-state index contributed by atoms with van der Waals surface area (Å²) in [5.74, 6) is 1.89. The molecule has 2 aromatic carbocycles. The van der Waals surface area contributed by atoms with Crippen LogP contribution in [0.5, 0.6) is 17.2 Å². The second kappa shape index (κ2) is 7.68. The Morgan fingerprint density at radius 1 is 1.08 bits per heavy atom. The molecule has 1 aliphatic rings. The van der Waals surface area contributed by atoms with E-state index in [-0.39, 0.29) is 11.9 Å². The molecule has 2 aromatic rings. The van der Waals surface area contributed by atoms with Crippen molar-refractivity contribution in [3.63, 3.8) is 0 Å². The Morgan fingerprint density at radius 3 is 2.46 bits per heavy atom. The van der Waals surface area contributed by atoms with Gasteiger partial charge in [-0.15, -0.1) is 0 Å². The first-order valence-corrected chi connectivity index (χ1v) is 8.79. The lowest BCUT2D eigenvalue weighted by atomic mass is 9.84. The first-order valence-electron chi connectivity index (χ1n) is 8.79. The number of nitrogens with one attached hydrogen (secondary N) is 1. The average molecular weight is 355 g/mol. The van der Waals surface area contributed by atoms with Gasteiger partial charge in [0, 0.05) is 12.5 Å². The Labute approximate surface area is 154 Å². The highest BCUT2D eigenvalue weighted by atomic mass is 16.5. The van der Waals surface area contributed by atoms with Gasteiger partial charge in [-0.05, 0) is 42.0 Å².